The fraction of sp³-hybridized carbons (Fsp3) is 0.0909. The first-order chi connectivity index (χ1) is 28.0. The van der Waals surface area contributed by atoms with E-state index in [1.54, 1.807) is 0 Å². The molecule has 0 saturated carbocycles. The quantitative estimate of drug-likeness (QED) is 0.144. The second-order valence-electron chi connectivity index (χ2n) is 15.8. The Hall–Kier alpha value is -6.90. The molecule has 2 nitrogen and oxygen atoms in total. The normalized spacial score (nSPS) is 13.6. The highest BCUT2D eigenvalue weighted by Crippen LogP contribution is 2.51. The molecular formula is C55H44N2. The Morgan fingerprint density at radius 1 is 0.439 bits per heavy atom. The van der Waals surface area contributed by atoms with Crippen molar-refractivity contribution in [3.63, 3.8) is 0 Å². The average molecular weight is 733 g/mol. The third kappa shape index (κ3) is 6.44. The molecule has 0 fully saturated rings. The smallest absolute Gasteiger partial charge is 0.0468 e. The number of benzene rings is 8. The third-order valence-corrected chi connectivity index (χ3v) is 11.8. The summed E-state index contributed by atoms with van der Waals surface area (Å²) in [4.78, 5) is 4.73. The van der Waals surface area contributed by atoms with Crippen molar-refractivity contribution >= 4 is 63.1 Å². The standard InChI is InChI=1S/C55H44N2/c1-55(2)53-35-40(25-33-51(53)52-34-32-50(38-54(52)55)56(45-17-5-3-6-18-45)46-19-7-4-8-20-46)22-21-39-23-28-47(29-24-39)57(48-30-26-41-13-9-11-15-43(41)36-48)49-31-27-42-14-10-12-16-44(42)37-49/h3-9,11-13,15-38H,10,14H2,1-2H3/b22-21+. The van der Waals surface area contributed by atoms with Crippen LogP contribution in [0.5, 0.6) is 0 Å². The van der Waals surface area contributed by atoms with E-state index < -0.39 is 0 Å². The Bertz CT molecular complexity index is 2770. The van der Waals surface area contributed by atoms with Crippen LogP contribution in [0.2, 0.25) is 0 Å². The Morgan fingerprint density at radius 2 is 0.965 bits per heavy atom. The van der Waals surface area contributed by atoms with Crippen LogP contribution in [-0.2, 0) is 11.8 Å². The van der Waals surface area contributed by atoms with Crippen LogP contribution >= 0.6 is 0 Å². The van der Waals surface area contributed by atoms with Gasteiger partial charge in [-0.1, -0.05) is 147 Å². The summed E-state index contributed by atoms with van der Waals surface area (Å²) in [7, 11) is 0. The number of fused-ring (bicyclic) bond motifs is 5. The lowest BCUT2D eigenvalue weighted by molar-refractivity contribution is 0.660. The second-order valence-corrected chi connectivity index (χ2v) is 15.8. The van der Waals surface area contributed by atoms with Gasteiger partial charge in [-0.15, -0.1) is 0 Å². The number of rotatable bonds is 8. The van der Waals surface area contributed by atoms with Gasteiger partial charge in [-0.3, -0.25) is 0 Å². The van der Waals surface area contributed by atoms with Crippen LogP contribution in [0.3, 0.4) is 0 Å². The number of aryl methyl sites for hydroxylation is 1. The highest BCUT2D eigenvalue weighted by Gasteiger charge is 2.36. The molecule has 0 atom stereocenters. The van der Waals surface area contributed by atoms with E-state index in [0.717, 1.165) is 35.6 Å². The van der Waals surface area contributed by atoms with Gasteiger partial charge in [0, 0.05) is 39.5 Å². The summed E-state index contributed by atoms with van der Waals surface area (Å²) in [5, 5.41) is 2.48. The van der Waals surface area contributed by atoms with E-state index >= 15 is 0 Å². The third-order valence-electron chi connectivity index (χ3n) is 11.8. The van der Waals surface area contributed by atoms with Gasteiger partial charge >= 0.3 is 0 Å². The largest absolute Gasteiger partial charge is 0.310 e. The number of para-hydroxylation sites is 2. The molecule has 10 rings (SSSR count). The minimum absolute atomic E-state index is 0.149. The summed E-state index contributed by atoms with van der Waals surface area (Å²) in [6.07, 6.45) is 11.3. The van der Waals surface area contributed by atoms with Crippen molar-refractivity contribution in [2.75, 3.05) is 9.80 Å². The predicted molar refractivity (Wildman–Crippen MR) is 244 cm³/mol. The van der Waals surface area contributed by atoms with Gasteiger partial charge in [-0.05, 0) is 141 Å². The predicted octanol–water partition coefficient (Wildman–Crippen LogP) is 15.2. The summed E-state index contributed by atoms with van der Waals surface area (Å²) < 4.78 is 0. The Labute approximate surface area is 336 Å². The Morgan fingerprint density at radius 3 is 1.72 bits per heavy atom. The first-order valence-electron chi connectivity index (χ1n) is 20.1. The SMILES string of the molecule is CC1(C)c2cc(/C=C/c3ccc(N(c4ccc5c(c4)C=CCC5)c4ccc5ccccc5c4)cc3)ccc2-c2ccc(N(c3ccccc3)c3ccccc3)cc21. The van der Waals surface area contributed by atoms with Crippen LogP contribution in [-0.4, -0.2) is 0 Å². The average Bonchev–Trinajstić information content (AvgIpc) is 3.49. The maximum atomic E-state index is 2.40. The molecule has 0 radical (unpaired) electrons. The molecule has 0 saturated heterocycles. The molecule has 0 bridgehead atoms. The molecule has 0 amide bonds. The zero-order valence-corrected chi connectivity index (χ0v) is 32.4. The van der Waals surface area contributed by atoms with Crippen molar-refractivity contribution < 1.29 is 0 Å². The van der Waals surface area contributed by atoms with E-state index in [4.69, 9.17) is 0 Å². The monoisotopic (exact) mass is 732 g/mol. The van der Waals surface area contributed by atoms with Gasteiger partial charge in [0.1, 0.15) is 0 Å². The number of allylic oxidation sites excluding steroid dienone is 1. The van der Waals surface area contributed by atoms with E-state index in [2.05, 4.69) is 230 Å². The van der Waals surface area contributed by atoms with Crippen LogP contribution in [0.25, 0.3) is 40.1 Å². The number of hydrogen-bond acceptors (Lipinski definition) is 2. The molecule has 2 aliphatic rings. The molecule has 0 heterocycles. The van der Waals surface area contributed by atoms with E-state index in [1.807, 2.05) is 0 Å². The molecule has 0 aliphatic heterocycles. The highest BCUT2D eigenvalue weighted by molar-refractivity contribution is 5.90. The summed E-state index contributed by atoms with van der Waals surface area (Å²) in [5.41, 5.74) is 17.2. The lowest BCUT2D eigenvalue weighted by atomic mass is 9.81. The molecule has 0 aromatic heterocycles. The zero-order valence-electron chi connectivity index (χ0n) is 32.4. The summed E-state index contributed by atoms with van der Waals surface area (Å²) in [5.74, 6) is 0. The van der Waals surface area contributed by atoms with Crippen LogP contribution in [0, 0.1) is 0 Å². The van der Waals surface area contributed by atoms with Crippen molar-refractivity contribution in [1.29, 1.82) is 0 Å². The number of hydrogen-bond donors (Lipinski definition) is 0. The molecule has 0 N–H and O–H groups in total. The maximum absolute atomic E-state index is 2.40. The molecule has 2 heteroatoms. The van der Waals surface area contributed by atoms with Gasteiger partial charge in [0.25, 0.3) is 0 Å². The maximum Gasteiger partial charge on any atom is 0.0468 e. The lowest BCUT2D eigenvalue weighted by Crippen LogP contribution is -2.16. The molecule has 0 spiro atoms. The van der Waals surface area contributed by atoms with E-state index in [0.29, 0.717) is 0 Å². The van der Waals surface area contributed by atoms with Gasteiger partial charge in [0.15, 0.2) is 0 Å². The molecule has 8 aromatic rings. The summed E-state index contributed by atoms with van der Waals surface area (Å²) >= 11 is 0. The van der Waals surface area contributed by atoms with E-state index in [1.165, 1.54) is 66.7 Å². The van der Waals surface area contributed by atoms with Gasteiger partial charge in [0.2, 0.25) is 0 Å². The molecule has 57 heavy (non-hydrogen) atoms. The van der Waals surface area contributed by atoms with Gasteiger partial charge in [0.05, 0.1) is 0 Å². The molecule has 0 unspecified atom stereocenters. The summed E-state index contributed by atoms with van der Waals surface area (Å²) in [6.45, 7) is 4.73. The van der Waals surface area contributed by atoms with Crippen LogP contribution in [0.4, 0.5) is 34.1 Å². The Balaban J connectivity index is 0.943. The van der Waals surface area contributed by atoms with E-state index in [9.17, 15) is 0 Å². The van der Waals surface area contributed by atoms with Crippen molar-refractivity contribution in [1.82, 2.24) is 0 Å². The molecular weight excluding hydrogens is 689 g/mol. The van der Waals surface area contributed by atoms with Crippen molar-refractivity contribution in [3.05, 3.63) is 221 Å². The van der Waals surface area contributed by atoms with Crippen LogP contribution in [0.15, 0.2) is 188 Å². The fourth-order valence-corrected chi connectivity index (χ4v) is 8.83. The highest BCUT2D eigenvalue weighted by atomic mass is 15.1. The van der Waals surface area contributed by atoms with Gasteiger partial charge in [-0.2, -0.15) is 0 Å². The molecule has 274 valence electrons. The van der Waals surface area contributed by atoms with Crippen LogP contribution in [0.1, 0.15) is 53.6 Å². The van der Waals surface area contributed by atoms with Crippen molar-refractivity contribution in [3.8, 4) is 11.1 Å². The zero-order chi connectivity index (χ0) is 38.3. The molecule has 8 aromatic carbocycles. The van der Waals surface area contributed by atoms with Crippen molar-refractivity contribution in [2.24, 2.45) is 0 Å². The first kappa shape index (κ1) is 34.6. The second kappa shape index (κ2) is 14.3. The lowest BCUT2D eigenvalue weighted by Gasteiger charge is -2.28. The topological polar surface area (TPSA) is 6.48 Å². The Kier molecular flexibility index (Phi) is 8.68. The number of nitrogens with zero attached hydrogens (tertiary/aromatic N) is 2. The fourth-order valence-electron chi connectivity index (χ4n) is 8.83. The molecule has 2 aliphatic carbocycles. The number of anilines is 6. The van der Waals surface area contributed by atoms with Gasteiger partial charge < -0.3 is 9.80 Å². The first-order valence-corrected chi connectivity index (χ1v) is 20.1. The van der Waals surface area contributed by atoms with Crippen LogP contribution < -0.4 is 9.80 Å². The van der Waals surface area contributed by atoms with E-state index in [-0.39, 0.29) is 5.41 Å². The van der Waals surface area contributed by atoms with Gasteiger partial charge in [-0.25, -0.2) is 0 Å². The minimum atomic E-state index is -0.149. The summed E-state index contributed by atoms with van der Waals surface area (Å²) in [6, 6.07) is 66.5. The minimum Gasteiger partial charge on any atom is -0.310 e. The van der Waals surface area contributed by atoms with Crippen molar-refractivity contribution in [2.45, 2.75) is 32.1 Å².